The highest BCUT2D eigenvalue weighted by atomic mass is 35.5. The zero-order valence-corrected chi connectivity index (χ0v) is 16.1. The van der Waals surface area contributed by atoms with Crippen LogP contribution in [-0.2, 0) is 27.3 Å². The third-order valence-electron chi connectivity index (χ3n) is 4.54. The van der Waals surface area contributed by atoms with Gasteiger partial charge < -0.3 is 14.4 Å². The predicted molar refractivity (Wildman–Crippen MR) is 103 cm³/mol. The molecule has 0 radical (unpaired) electrons. The van der Waals surface area contributed by atoms with Gasteiger partial charge in [-0.2, -0.15) is 0 Å². The van der Waals surface area contributed by atoms with Crippen LogP contribution in [0.5, 0.6) is 5.75 Å². The molecule has 0 saturated carbocycles. The predicted octanol–water partition coefficient (Wildman–Crippen LogP) is 3.48. The van der Waals surface area contributed by atoms with E-state index in [1.807, 2.05) is 30.3 Å². The minimum atomic E-state index is -0.855. The number of hydrogen-bond acceptors (Lipinski definition) is 4. The van der Waals surface area contributed by atoms with Crippen molar-refractivity contribution in [2.45, 2.75) is 26.0 Å². The number of esters is 1. The van der Waals surface area contributed by atoms with Gasteiger partial charge in [0.1, 0.15) is 12.4 Å². The Kier molecular flexibility index (Phi) is 6.01. The molecule has 2 aromatic carbocycles. The lowest BCUT2D eigenvalue weighted by Crippen LogP contribution is -2.39. The monoisotopic (exact) mass is 387 g/mol. The summed E-state index contributed by atoms with van der Waals surface area (Å²) in [5.41, 5.74) is 1.89. The van der Waals surface area contributed by atoms with E-state index < -0.39 is 18.0 Å². The Morgan fingerprint density at radius 2 is 2.00 bits per heavy atom. The zero-order valence-electron chi connectivity index (χ0n) is 15.4. The molecule has 1 aliphatic heterocycles. The summed E-state index contributed by atoms with van der Waals surface area (Å²) in [4.78, 5) is 26.5. The largest absolute Gasteiger partial charge is 0.492 e. The molecule has 6 heteroatoms. The highest BCUT2D eigenvalue weighted by Crippen LogP contribution is 2.30. The fourth-order valence-corrected chi connectivity index (χ4v) is 3.28. The summed E-state index contributed by atoms with van der Waals surface area (Å²) in [7, 11) is 1.70. The number of nitrogens with zero attached hydrogens (tertiary/aromatic N) is 1. The van der Waals surface area contributed by atoms with E-state index in [1.165, 1.54) is 0 Å². The highest BCUT2D eigenvalue weighted by molar-refractivity contribution is 6.30. The molecule has 27 heavy (non-hydrogen) atoms. The van der Waals surface area contributed by atoms with Crippen LogP contribution >= 0.6 is 11.6 Å². The molecule has 1 amide bonds. The average Bonchev–Trinajstić information content (AvgIpc) is 2.67. The standard InChI is InChI=1S/C21H22ClNO4/c1-14(20(24)23(2)12-15-6-4-3-5-7-15)27-21(25)17-10-16-11-18(22)8-9-19(16)26-13-17/h3-9,11,14,17H,10,12-13H2,1-2H3/t14-,17-/m0/s1. The molecular weight excluding hydrogens is 366 g/mol. The molecule has 0 fully saturated rings. The van der Waals surface area contributed by atoms with Gasteiger partial charge in [-0.05, 0) is 42.7 Å². The van der Waals surface area contributed by atoms with Crippen molar-refractivity contribution in [3.63, 3.8) is 0 Å². The van der Waals surface area contributed by atoms with E-state index in [-0.39, 0.29) is 12.5 Å². The first-order chi connectivity index (χ1) is 12.9. The summed E-state index contributed by atoms with van der Waals surface area (Å²) in [6.07, 6.45) is -0.373. The Balaban J connectivity index is 1.56. The van der Waals surface area contributed by atoms with Gasteiger partial charge in [0.05, 0.1) is 5.92 Å². The van der Waals surface area contributed by atoms with E-state index in [9.17, 15) is 9.59 Å². The molecule has 2 aromatic rings. The van der Waals surface area contributed by atoms with Gasteiger partial charge in [0.15, 0.2) is 6.10 Å². The van der Waals surface area contributed by atoms with Gasteiger partial charge in [0.25, 0.3) is 5.91 Å². The first-order valence-electron chi connectivity index (χ1n) is 8.84. The van der Waals surface area contributed by atoms with Gasteiger partial charge in [-0.15, -0.1) is 0 Å². The van der Waals surface area contributed by atoms with Crippen molar-refractivity contribution in [2.24, 2.45) is 5.92 Å². The number of halogens is 1. The fraction of sp³-hybridized carbons (Fsp3) is 0.333. The highest BCUT2D eigenvalue weighted by Gasteiger charge is 2.30. The second kappa shape index (κ2) is 8.44. The lowest BCUT2D eigenvalue weighted by Gasteiger charge is -2.26. The molecule has 0 bridgehead atoms. The van der Waals surface area contributed by atoms with Gasteiger partial charge in [0.2, 0.25) is 0 Å². The van der Waals surface area contributed by atoms with Crippen LogP contribution in [0.15, 0.2) is 48.5 Å². The number of carbonyl (C=O) groups is 2. The van der Waals surface area contributed by atoms with Crippen LogP contribution in [0.2, 0.25) is 5.02 Å². The lowest BCUT2D eigenvalue weighted by molar-refractivity contribution is -0.163. The molecule has 2 atom stereocenters. The van der Waals surface area contributed by atoms with Crippen LogP contribution < -0.4 is 4.74 Å². The number of fused-ring (bicyclic) bond motifs is 1. The van der Waals surface area contributed by atoms with Crippen molar-refractivity contribution in [2.75, 3.05) is 13.7 Å². The molecule has 0 saturated heterocycles. The Hall–Kier alpha value is -2.53. The molecule has 3 rings (SSSR count). The molecule has 0 aromatic heterocycles. The van der Waals surface area contributed by atoms with Crippen molar-refractivity contribution in [3.8, 4) is 5.75 Å². The summed E-state index contributed by atoms with van der Waals surface area (Å²) in [5, 5.41) is 0.595. The van der Waals surface area contributed by atoms with E-state index >= 15 is 0 Å². The van der Waals surface area contributed by atoms with Crippen molar-refractivity contribution in [1.82, 2.24) is 4.90 Å². The van der Waals surface area contributed by atoms with Gasteiger partial charge in [-0.25, -0.2) is 0 Å². The number of amides is 1. The van der Waals surface area contributed by atoms with Crippen LogP contribution in [-0.4, -0.2) is 36.5 Å². The van der Waals surface area contributed by atoms with Crippen LogP contribution in [0, 0.1) is 5.92 Å². The first kappa shape index (κ1) is 19.2. The minimum absolute atomic E-state index is 0.230. The Morgan fingerprint density at radius 1 is 1.26 bits per heavy atom. The third-order valence-corrected chi connectivity index (χ3v) is 4.78. The second-order valence-corrected chi connectivity index (χ2v) is 7.16. The van der Waals surface area contributed by atoms with Gasteiger partial charge in [0, 0.05) is 18.6 Å². The van der Waals surface area contributed by atoms with E-state index in [2.05, 4.69) is 0 Å². The number of likely N-dealkylation sites (N-methyl/N-ethyl adjacent to an activating group) is 1. The Bertz CT molecular complexity index is 824. The van der Waals surface area contributed by atoms with E-state index in [0.717, 1.165) is 16.9 Å². The molecule has 0 aliphatic carbocycles. The van der Waals surface area contributed by atoms with Crippen molar-refractivity contribution >= 4 is 23.5 Å². The van der Waals surface area contributed by atoms with Crippen LogP contribution in [0.4, 0.5) is 0 Å². The number of hydrogen-bond donors (Lipinski definition) is 0. The molecule has 0 N–H and O–H groups in total. The summed E-state index contributed by atoms with van der Waals surface area (Å²) in [6.45, 7) is 2.28. The van der Waals surface area contributed by atoms with Crippen molar-refractivity contribution < 1.29 is 19.1 Å². The first-order valence-corrected chi connectivity index (χ1v) is 9.22. The normalized spacial score (nSPS) is 16.6. The van der Waals surface area contributed by atoms with Crippen LogP contribution in [0.1, 0.15) is 18.1 Å². The van der Waals surface area contributed by atoms with E-state index in [4.69, 9.17) is 21.1 Å². The maximum atomic E-state index is 12.5. The molecular formula is C21H22ClNO4. The lowest BCUT2D eigenvalue weighted by atomic mass is 9.97. The van der Waals surface area contributed by atoms with Crippen molar-refractivity contribution in [3.05, 3.63) is 64.7 Å². The quantitative estimate of drug-likeness (QED) is 0.737. The zero-order chi connectivity index (χ0) is 19.4. The summed E-state index contributed by atoms with van der Waals surface area (Å²) in [6, 6.07) is 15.0. The van der Waals surface area contributed by atoms with Crippen LogP contribution in [0.3, 0.4) is 0 Å². The molecule has 1 aliphatic rings. The van der Waals surface area contributed by atoms with E-state index in [0.29, 0.717) is 18.0 Å². The fourth-order valence-electron chi connectivity index (χ4n) is 3.08. The molecule has 0 unspecified atom stereocenters. The van der Waals surface area contributed by atoms with Gasteiger partial charge >= 0.3 is 5.97 Å². The molecule has 5 nitrogen and oxygen atoms in total. The van der Waals surface area contributed by atoms with Gasteiger partial charge in [-0.1, -0.05) is 41.9 Å². The average molecular weight is 388 g/mol. The molecule has 0 spiro atoms. The maximum absolute atomic E-state index is 12.5. The van der Waals surface area contributed by atoms with Crippen LogP contribution in [0.25, 0.3) is 0 Å². The smallest absolute Gasteiger partial charge is 0.313 e. The summed E-state index contributed by atoms with van der Waals surface area (Å²) < 4.78 is 11.0. The number of rotatable bonds is 5. The third kappa shape index (κ3) is 4.80. The minimum Gasteiger partial charge on any atom is -0.492 e. The number of carbonyl (C=O) groups excluding carboxylic acids is 2. The van der Waals surface area contributed by atoms with E-state index in [1.54, 1.807) is 37.1 Å². The summed E-state index contributed by atoms with van der Waals surface area (Å²) in [5.74, 6) is -0.400. The SMILES string of the molecule is C[C@H](OC(=O)[C@@H]1COc2ccc(Cl)cc2C1)C(=O)N(C)Cc1ccccc1. The second-order valence-electron chi connectivity index (χ2n) is 6.72. The number of benzene rings is 2. The summed E-state index contributed by atoms with van der Waals surface area (Å²) >= 11 is 6.01. The van der Waals surface area contributed by atoms with Crippen molar-refractivity contribution in [1.29, 1.82) is 0 Å². The Morgan fingerprint density at radius 3 is 2.74 bits per heavy atom. The molecule has 1 heterocycles. The van der Waals surface area contributed by atoms with Gasteiger partial charge in [-0.3, -0.25) is 9.59 Å². The Labute approximate surface area is 163 Å². The maximum Gasteiger partial charge on any atom is 0.313 e. The molecule has 142 valence electrons. The topological polar surface area (TPSA) is 55.8 Å². The number of ether oxygens (including phenoxy) is 2.